The predicted octanol–water partition coefficient (Wildman–Crippen LogP) is 14.2. The average Bonchev–Trinajstić information content (AvgIpc) is 3.65. The molecule has 1 aliphatic rings. The lowest BCUT2D eigenvalue weighted by Crippen LogP contribution is -1.96. The Morgan fingerprint density at radius 2 is 1.04 bits per heavy atom. The molecule has 0 radical (unpaired) electrons. The van der Waals surface area contributed by atoms with Crippen LogP contribution < -0.4 is 0 Å². The summed E-state index contributed by atoms with van der Waals surface area (Å²) in [4.78, 5) is 5.16. The van der Waals surface area contributed by atoms with Crippen molar-refractivity contribution in [1.82, 2.24) is 9.38 Å². The van der Waals surface area contributed by atoms with E-state index in [1.807, 2.05) is 0 Å². The van der Waals surface area contributed by atoms with E-state index in [1.165, 1.54) is 93.1 Å². The summed E-state index contributed by atoms with van der Waals surface area (Å²) in [7, 11) is 0. The summed E-state index contributed by atoms with van der Waals surface area (Å²) >= 11 is 0. The summed E-state index contributed by atoms with van der Waals surface area (Å²) in [5, 5.41) is 11.2. The van der Waals surface area contributed by atoms with Crippen LogP contribution in [-0.4, -0.2) is 9.38 Å². The van der Waals surface area contributed by atoms with Crippen molar-refractivity contribution in [2.24, 2.45) is 0 Å². The zero-order valence-electron chi connectivity index (χ0n) is 30.1. The quantitative estimate of drug-likeness (QED) is 0.133. The monoisotopic (exact) mass is 698 g/mol. The number of para-hydroxylation sites is 3. The van der Waals surface area contributed by atoms with Gasteiger partial charge in [-0.05, 0) is 138 Å². The van der Waals surface area contributed by atoms with Crippen molar-refractivity contribution in [3.63, 3.8) is 0 Å². The summed E-state index contributed by atoms with van der Waals surface area (Å²) in [6, 6.07) is 63.0. The average molecular weight is 699 g/mol. The molecular weight excluding hydrogens is 665 g/mol. The largest absolute Gasteiger partial charge is 0.292 e. The molecule has 0 aliphatic heterocycles. The van der Waals surface area contributed by atoms with Gasteiger partial charge in [-0.15, -0.1) is 0 Å². The van der Waals surface area contributed by atoms with Crippen LogP contribution in [0.2, 0.25) is 0 Å². The molecule has 0 saturated heterocycles. The predicted molar refractivity (Wildman–Crippen MR) is 234 cm³/mol. The van der Waals surface area contributed by atoms with E-state index in [9.17, 15) is 0 Å². The van der Waals surface area contributed by atoms with Gasteiger partial charge in [-0.3, -0.25) is 4.40 Å². The number of hydrogen-bond acceptors (Lipinski definition) is 1. The summed E-state index contributed by atoms with van der Waals surface area (Å²) in [6.45, 7) is 0. The Bertz CT molecular complexity index is 3440. The molecule has 2 heteroatoms. The Kier molecular flexibility index (Phi) is 6.49. The van der Waals surface area contributed by atoms with Gasteiger partial charge in [-0.1, -0.05) is 140 Å². The Labute approximate surface area is 318 Å². The third kappa shape index (κ3) is 4.58. The molecule has 55 heavy (non-hydrogen) atoms. The molecule has 2 heterocycles. The second-order valence-electron chi connectivity index (χ2n) is 15.0. The van der Waals surface area contributed by atoms with Crippen LogP contribution >= 0.6 is 0 Å². The molecule has 9 aromatic carbocycles. The highest BCUT2D eigenvalue weighted by Gasteiger charge is 2.20. The first-order chi connectivity index (χ1) is 27.3. The van der Waals surface area contributed by atoms with E-state index < -0.39 is 0 Å². The summed E-state index contributed by atoms with van der Waals surface area (Å²) < 4.78 is 2.32. The fourth-order valence-electron chi connectivity index (χ4n) is 9.40. The van der Waals surface area contributed by atoms with Gasteiger partial charge in [0.2, 0.25) is 0 Å². The number of allylic oxidation sites excluding steroid dienone is 1. The minimum Gasteiger partial charge on any atom is -0.292 e. The van der Waals surface area contributed by atoms with Crippen LogP contribution in [0.5, 0.6) is 0 Å². The van der Waals surface area contributed by atoms with Gasteiger partial charge in [0.25, 0.3) is 0 Å². The highest BCUT2D eigenvalue weighted by molar-refractivity contribution is 6.22. The molecule has 256 valence electrons. The van der Waals surface area contributed by atoms with Gasteiger partial charge >= 0.3 is 0 Å². The lowest BCUT2D eigenvalue weighted by molar-refractivity contribution is 0.986. The summed E-state index contributed by atoms with van der Waals surface area (Å²) in [5.41, 5.74) is 14.6. The molecule has 0 saturated carbocycles. The van der Waals surface area contributed by atoms with E-state index in [2.05, 4.69) is 186 Å². The van der Waals surface area contributed by atoms with Gasteiger partial charge in [0.1, 0.15) is 5.65 Å². The third-order valence-electron chi connectivity index (χ3n) is 12.0. The molecule has 0 spiro atoms. The van der Waals surface area contributed by atoms with Gasteiger partial charge in [0, 0.05) is 10.8 Å². The van der Waals surface area contributed by atoms with Crippen molar-refractivity contribution >= 4 is 76.7 Å². The van der Waals surface area contributed by atoms with Crippen molar-refractivity contribution < 1.29 is 0 Å². The molecule has 0 bridgehead atoms. The second kappa shape index (κ2) is 11.7. The molecule has 12 rings (SSSR count). The maximum absolute atomic E-state index is 5.16. The normalized spacial score (nSPS) is 12.9. The zero-order chi connectivity index (χ0) is 36.0. The zero-order valence-corrected chi connectivity index (χ0v) is 30.1. The number of benzene rings is 9. The smallest absolute Gasteiger partial charge is 0.146 e. The molecule has 2 aromatic heterocycles. The lowest BCUT2D eigenvalue weighted by atomic mass is 9.83. The van der Waals surface area contributed by atoms with Crippen molar-refractivity contribution in [3.05, 3.63) is 187 Å². The van der Waals surface area contributed by atoms with Crippen LogP contribution in [0.1, 0.15) is 17.5 Å². The number of fused-ring (bicyclic) bond motifs is 12. The van der Waals surface area contributed by atoms with Crippen LogP contribution in [-0.2, 0) is 6.42 Å². The second-order valence-corrected chi connectivity index (χ2v) is 15.0. The number of imidazole rings is 1. The highest BCUT2D eigenvalue weighted by atomic mass is 15.0. The molecule has 0 amide bonds. The number of hydrogen-bond donors (Lipinski definition) is 0. The maximum Gasteiger partial charge on any atom is 0.146 e. The molecule has 0 fully saturated rings. The van der Waals surface area contributed by atoms with E-state index in [1.54, 1.807) is 0 Å². The van der Waals surface area contributed by atoms with Crippen molar-refractivity contribution in [2.75, 3.05) is 0 Å². The van der Waals surface area contributed by atoms with Gasteiger partial charge in [-0.25, -0.2) is 4.98 Å². The first-order valence-corrected chi connectivity index (χ1v) is 19.3. The van der Waals surface area contributed by atoms with Crippen molar-refractivity contribution in [1.29, 1.82) is 0 Å². The van der Waals surface area contributed by atoms with Crippen LogP contribution in [0.4, 0.5) is 0 Å². The van der Waals surface area contributed by atoms with Gasteiger partial charge in [0.05, 0.1) is 16.6 Å². The molecule has 0 atom stereocenters. The first kappa shape index (κ1) is 30.4. The standard InChI is InChI=1S/C53H34N2/c1-3-13-35-29-39(23-21-33(35)11-1)51-42-16-5-6-17-43(42)52(40-24-22-34-12-2-4-14-36(34)30-40)47-32-38(25-27-44(47)51)37-26-28-45-46(31-37)41-15-7-9-19-49(41)55-50-20-10-8-18-48(50)54-53(45)55/h1-3,5-13,15-32H,4,14H2. The number of nitrogens with zero attached hydrogens (tertiary/aromatic N) is 2. The minimum absolute atomic E-state index is 0.996. The minimum atomic E-state index is 0.996. The maximum atomic E-state index is 5.16. The van der Waals surface area contributed by atoms with E-state index in [4.69, 9.17) is 4.98 Å². The van der Waals surface area contributed by atoms with Gasteiger partial charge in [0.15, 0.2) is 0 Å². The molecule has 2 nitrogen and oxygen atoms in total. The Morgan fingerprint density at radius 3 is 1.89 bits per heavy atom. The highest BCUT2D eigenvalue weighted by Crippen LogP contribution is 2.46. The van der Waals surface area contributed by atoms with E-state index in [0.717, 1.165) is 34.9 Å². The number of aromatic nitrogens is 2. The topological polar surface area (TPSA) is 17.3 Å². The van der Waals surface area contributed by atoms with Crippen LogP contribution in [0, 0.1) is 0 Å². The van der Waals surface area contributed by atoms with Crippen LogP contribution in [0.25, 0.3) is 110 Å². The summed E-state index contributed by atoms with van der Waals surface area (Å²) in [6.07, 6.45) is 6.73. The Balaban J connectivity index is 1.15. The first-order valence-electron chi connectivity index (χ1n) is 19.3. The molecule has 0 N–H and O–H groups in total. The number of aryl methyl sites for hydroxylation is 1. The van der Waals surface area contributed by atoms with E-state index in [0.29, 0.717) is 0 Å². The van der Waals surface area contributed by atoms with Crippen LogP contribution in [0.15, 0.2) is 176 Å². The van der Waals surface area contributed by atoms with Gasteiger partial charge in [-0.2, -0.15) is 0 Å². The Morgan fingerprint density at radius 1 is 0.418 bits per heavy atom. The molecular formula is C53H34N2. The van der Waals surface area contributed by atoms with Crippen molar-refractivity contribution in [3.8, 4) is 33.4 Å². The van der Waals surface area contributed by atoms with Crippen molar-refractivity contribution in [2.45, 2.75) is 12.8 Å². The van der Waals surface area contributed by atoms with Gasteiger partial charge < -0.3 is 0 Å². The molecule has 11 aromatic rings. The third-order valence-corrected chi connectivity index (χ3v) is 12.0. The fraction of sp³-hybridized carbons (Fsp3) is 0.0377. The number of pyridine rings is 1. The molecule has 0 unspecified atom stereocenters. The summed E-state index contributed by atoms with van der Waals surface area (Å²) in [5.74, 6) is 0. The Hall–Kier alpha value is -7.03. The SMILES string of the molecule is C1=Cc2ccc(-c3c4ccccc4c(-c4ccc5ccccc5c4)c4ccc(-c5ccc6c(c5)c5ccccc5n5c7ccccc7nc65)cc34)cc2CC1. The van der Waals surface area contributed by atoms with E-state index >= 15 is 0 Å². The fourth-order valence-corrected chi connectivity index (χ4v) is 9.40. The van der Waals surface area contributed by atoms with E-state index in [-0.39, 0.29) is 0 Å². The molecule has 1 aliphatic carbocycles. The van der Waals surface area contributed by atoms with Crippen LogP contribution in [0.3, 0.4) is 0 Å². The number of rotatable bonds is 3. The lowest BCUT2D eigenvalue weighted by Gasteiger charge is -2.20.